The number of morpholine rings is 1. The number of aromatic nitrogens is 4. The summed E-state index contributed by atoms with van der Waals surface area (Å²) in [6.07, 6.45) is 8.80. The number of rotatable bonds is 4. The molecular weight excluding hydrogens is 430 g/mol. The van der Waals surface area contributed by atoms with Gasteiger partial charge in [0.05, 0.1) is 53.8 Å². The zero-order valence-electron chi connectivity index (χ0n) is 18.7. The van der Waals surface area contributed by atoms with Crippen molar-refractivity contribution >= 4 is 34.1 Å². The van der Waals surface area contributed by atoms with Gasteiger partial charge in [-0.05, 0) is 30.7 Å². The molecule has 1 amide bonds. The molecule has 9 nitrogen and oxygen atoms in total. The monoisotopic (exact) mass is 453 g/mol. The summed E-state index contributed by atoms with van der Waals surface area (Å²) in [6.45, 7) is 2.15. The van der Waals surface area contributed by atoms with E-state index in [-0.39, 0.29) is 5.91 Å². The Balaban J connectivity index is 1.22. The molecule has 2 saturated heterocycles. The van der Waals surface area contributed by atoms with Gasteiger partial charge in [-0.1, -0.05) is 0 Å². The number of hydrogen-bond acceptors (Lipinski definition) is 7. The van der Waals surface area contributed by atoms with Crippen molar-refractivity contribution in [1.82, 2.24) is 24.8 Å². The molecule has 0 spiro atoms. The third-order valence-corrected chi connectivity index (χ3v) is 7.10. The molecule has 2 atom stereocenters. The van der Waals surface area contributed by atoms with Gasteiger partial charge in [-0.15, -0.1) is 0 Å². The van der Waals surface area contributed by atoms with Crippen molar-refractivity contribution in [3.8, 4) is 11.3 Å². The first kappa shape index (κ1) is 19.5. The number of carbonyl (C=O) groups excluding carboxylic acids is 1. The normalized spacial score (nSPS) is 20.7. The van der Waals surface area contributed by atoms with Crippen molar-refractivity contribution in [2.45, 2.75) is 25.1 Å². The molecule has 0 unspecified atom stereocenters. The zero-order valence-corrected chi connectivity index (χ0v) is 18.7. The summed E-state index contributed by atoms with van der Waals surface area (Å²) >= 11 is 0. The number of pyridine rings is 3. The lowest BCUT2D eigenvalue weighted by atomic mass is 10.0. The van der Waals surface area contributed by atoms with Gasteiger partial charge in [0, 0.05) is 49.0 Å². The third-order valence-electron chi connectivity index (χ3n) is 7.10. The Labute approximate surface area is 195 Å². The minimum atomic E-state index is -0.107. The molecule has 4 aromatic heterocycles. The van der Waals surface area contributed by atoms with Gasteiger partial charge in [-0.3, -0.25) is 9.78 Å². The summed E-state index contributed by atoms with van der Waals surface area (Å²) in [5.74, 6) is 0.569. The highest BCUT2D eigenvalue weighted by molar-refractivity contribution is 6.06. The Morgan fingerprint density at radius 2 is 2.09 bits per heavy atom. The topological polar surface area (TPSA) is 97.2 Å². The smallest absolute Gasteiger partial charge is 0.254 e. The fraction of sp³-hybridized carbons (Fsp3) is 0.280. The van der Waals surface area contributed by atoms with E-state index in [0.29, 0.717) is 35.8 Å². The average Bonchev–Trinajstić information content (AvgIpc) is 3.65. The number of nitrogens with zero attached hydrogens (tertiary/aromatic N) is 5. The van der Waals surface area contributed by atoms with Gasteiger partial charge in [0.1, 0.15) is 11.5 Å². The first-order valence-corrected chi connectivity index (χ1v) is 11.5. The van der Waals surface area contributed by atoms with Gasteiger partial charge in [-0.25, -0.2) is 9.97 Å². The van der Waals surface area contributed by atoms with Crippen LogP contribution in [0.2, 0.25) is 0 Å². The molecule has 7 rings (SSSR count). The van der Waals surface area contributed by atoms with Gasteiger partial charge < -0.3 is 24.8 Å². The molecule has 0 aliphatic carbocycles. The molecule has 170 valence electrons. The minimum absolute atomic E-state index is 0.107. The van der Waals surface area contributed by atoms with Crippen molar-refractivity contribution < 1.29 is 9.53 Å². The first-order chi connectivity index (χ1) is 16.7. The number of ether oxygens (including phenoxy) is 1. The van der Waals surface area contributed by atoms with E-state index >= 15 is 0 Å². The van der Waals surface area contributed by atoms with E-state index in [9.17, 15) is 4.79 Å². The number of aryl methyl sites for hydroxylation is 1. The molecule has 7 heterocycles. The van der Waals surface area contributed by atoms with Crippen LogP contribution in [-0.4, -0.2) is 50.7 Å². The Bertz CT molecular complexity index is 1450. The first-order valence-electron chi connectivity index (χ1n) is 11.5. The SMILES string of the molecule is Cn1ccc2c(-c3ncc(Nc4ccc(N5C[C@H]6C[C@@H]5CO6)cn4)c4c3CNC4=O)ccnc21. The largest absolute Gasteiger partial charge is 0.374 e. The van der Waals surface area contributed by atoms with Crippen molar-refractivity contribution in [2.24, 2.45) is 7.05 Å². The van der Waals surface area contributed by atoms with Crippen molar-refractivity contribution in [2.75, 3.05) is 23.4 Å². The van der Waals surface area contributed by atoms with Crippen LogP contribution in [-0.2, 0) is 18.3 Å². The quantitative estimate of drug-likeness (QED) is 0.490. The van der Waals surface area contributed by atoms with Crippen LogP contribution in [0.5, 0.6) is 0 Å². The number of amides is 1. The molecule has 34 heavy (non-hydrogen) atoms. The summed E-state index contributed by atoms with van der Waals surface area (Å²) in [6, 6.07) is 8.45. The number of hydrogen-bond donors (Lipinski definition) is 2. The van der Waals surface area contributed by atoms with E-state index in [2.05, 4.69) is 31.6 Å². The average molecular weight is 454 g/mol. The van der Waals surface area contributed by atoms with Crippen molar-refractivity contribution in [1.29, 1.82) is 0 Å². The maximum Gasteiger partial charge on any atom is 0.254 e. The van der Waals surface area contributed by atoms with E-state index in [1.807, 2.05) is 42.2 Å². The summed E-state index contributed by atoms with van der Waals surface area (Å²) in [5, 5.41) is 7.28. The summed E-state index contributed by atoms with van der Waals surface area (Å²) in [5.41, 5.74) is 5.91. The Kier molecular flexibility index (Phi) is 4.16. The highest BCUT2D eigenvalue weighted by atomic mass is 16.5. The summed E-state index contributed by atoms with van der Waals surface area (Å²) in [7, 11) is 1.97. The lowest BCUT2D eigenvalue weighted by Crippen LogP contribution is -2.36. The van der Waals surface area contributed by atoms with Crippen molar-refractivity contribution in [3.63, 3.8) is 0 Å². The molecule has 2 fully saturated rings. The molecule has 9 heteroatoms. The van der Waals surface area contributed by atoms with Gasteiger partial charge in [-0.2, -0.15) is 0 Å². The highest BCUT2D eigenvalue weighted by Gasteiger charge is 2.39. The second-order valence-corrected chi connectivity index (χ2v) is 9.10. The number of nitrogens with one attached hydrogen (secondary N) is 2. The van der Waals surface area contributed by atoms with E-state index in [1.54, 1.807) is 12.4 Å². The Morgan fingerprint density at radius 1 is 1.15 bits per heavy atom. The Morgan fingerprint density at radius 3 is 2.88 bits per heavy atom. The van der Waals surface area contributed by atoms with E-state index < -0.39 is 0 Å². The summed E-state index contributed by atoms with van der Waals surface area (Å²) < 4.78 is 7.68. The van der Waals surface area contributed by atoms with Gasteiger partial charge in [0.25, 0.3) is 5.91 Å². The van der Waals surface area contributed by atoms with Gasteiger partial charge >= 0.3 is 0 Å². The predicted molar refractivity (Wildman–Crippen MR) is 128 cm³/mol. The van der Waals surface area contributed by atoms with Crippen LogP contribution in [0.15, 0.2) is 49.1 Å². The van der Waals surface area contributed by atoms with Crippen LogP contribution in [0.25, 0.3) is 22.3 Å². The molecule has 3 aliphatic rings. The van der Waals surface area contributed by atoms with Gasteiger partial charge in [0.15, 0.2) is 0 Å². The standard InChI is InChI=1S/C25H23N7O2/c1-31-7-5-18-17(4-6-26-24(18)31)23-19-10-29-25(33)22(19)20(11-28-23)30-21-3-2-14(9-27-21)32-12-16-8-15(32)13-34-16/h2-7,9,11,15-16H,8,10,12-13H2,1H3,(H,27,30)(H,29,33)/t15-,16-/m1/s1. The fourth-order valence-electron chi connectivity index (χ4n) is 5.42. The predicted octanol–water partition coefficient (Wildman–Crippen LogP) is 2.99. The maximum absolute atomic E-state index is 12.8. The van der Waals surface area contributed by atoms with E-state index in [0.717, 1.165) is 53.1 Å². The van der Waals surface area contributed by atoms with Crippen LogP contribution in [0.4, 0.5) is 17.2 Å². The molecule has 0 aromatic carbocycles. The molecule has 2 N–H and O–H groups in total. The van der Waals surface area contributed by atoms with Crippen LogP contribution in [0, 0.1) is 0 Å². The third kappa shape index (κ3) is 2.90. The molecule has 3 aliphatic heterocycles. The lowest BCUT2D eigenvalue weighted by Gasteiger charge is -2.28. The molecule has 0 radical (unpaired) electrons. The number of anilines is 3. The van der Waals surface area contributed by atoms with E-state index in [4.69, 9.17) is 9.72 Å². The zero-order chi connectivity index (χ0) is 22.8. The Hall–Kier alpha value is -3.98. The van der Waals surface area contributed by atoms with Crippen LogP contribution >= 0.6 is 0 Å². The number of fused-ring (bicyclic) bond motifs is 4. The number of carbonyl (C=O) groups is 1. The second kappa shape index (κ2) is 7.26. The van der Waals surface area contributed by atoms with Crippen LogP contribution in [0.1, 0.15) is 22.3 Å². The fourth-order valence-corrected chi connectivity index (χ4v) is 5.42. The maximum atomic E-state index is 12.8. The van der Waals surface area contributed by atoms with Gasteiger partial charge in [0.2, 0.25) is 0 Å². The lowest BCUT2D eigenvalue weighted by molar-refractivity contribution is 0.0966. The van der Waals surface area contributed by atoms with E-state index in [1.165, 1.54) is 0 Å². The van der Waals surface area contributed by atoms with Crippen LogP contribution < -0.4 is 15.5 Å². The van der Waals surface area contributed by atoms with Crippen molar-refractivity contribution in [3.05, 3.63) is 60.2 Å². The highest BCUT2D eigenvalue weighted by Crippen LogP contribution is 2.36. The summed E-state index contributed by atoms with van der Waals surface area (Å²) in [4.78, 5) is 29.0. The van der Waals surface area contributed by atoms with Crippen LogP contribution in [0.3, 0.4) is 0 Å². The molecular formula is C25H23N7O2. The minimum Gasteiger partial charge on any atom is -0.374 e. The second-order valence-electron chi connectivity index (χ2n) is 9.10. The molecule has 2 bridgehead atoms. The molecule has 4 aromatic rings. The molecule has 0 saturated carbocycles.